The van der Waals surface area contributed by atoms with Gasteiger partial charge in [0.05, 0.1) is 18.6 Å². The van der Waals surface area contributed by atoms with Gasteiger partial charge in [-0.15, -0.1) is 0 Å². The number of aliphatic hydroxyl groups is 1. The number of nitrogens with one attached hydrogen (secondary N) is 1. The van der Waals surface area contributed by atoms with Gasteiger partial charge in [-0.2, -0.15) is 5.26 Å². The van der Waals surface area contributed by atoms with Gasteiger partial charge in [0.25, 0.3) is 0 Å². The molecule has 1 aliphatic carbocycles. The van der Waals surface area contributed by atoms with Crippen LogP contribution in [-0.4, -0.2) is 36.5 Å². The maximum absolute atomic E-state index is 10.0. The Morgan fingerprint density at radius 1 is 1.53 bits per heavy atom. The van der Waals surface area contributed by atoms with Crippen molar-refractivity contribution in [3.05, 3.63) is 0 Å². The van der Waals surface area contributed by atoms with E-state index in [1.165, 1.54) is 0 Å². The molecule has 3 unspecified atom stereocenters. The highest BCUT2D eigenvalue weighted by Gasteiger charge is 2.34. The van der Waals surface area contributed by atoms with Gasteiger partial charge in [-0.3, -0.25) is 0 Å². The average molecular weight is 210 g/mol. The summed E-state index contributed by atoms with van der Waals surface area (Å²) in [5, 5.41) is 22.3. The summed E-state index contributed by atoms with van der Waals surface area (Å²) in [6.07, 6.45) is 3.85. The minimum atomic E-state index is -0.706. The highest BCUT2D eigenvalue weighted by atomic mass is 16.5. The Labute approximate surface area is 90.2 Å². The van der Waals surface area contributed by atoms with Gasteiger partial charge in [-0.1, -0.05) is 6.42 Å². The van der Waals surface area contributed by atoms with Crippen molar-refractivity contribution in [1.29, 1.82) is 5.26 Å². The van der Waals surface area contributed by atoms with Crippen molar-refractivity contribution in [2.45, 2.75) is 37.3 Å². The lowest BCUT2D eigenvalue weighted by Gasteiger charge is -2.24. The molecule has 2 fully saturated rings. The molecule has 2 aliphatic rings. The van der Waals surface area contributed by atoms with Crippen LogP contribution in [-0.2, 0) is 4.74 Å². The summed E-state index contributed by atoms with van der Waals surface area (Å²) in [5.41, 5.74) is -0.706. The smallest absolute Gasteiger partial charge is 0.102 e. The van der Waals surface area contributed by atoms with E-state index in [4.69, 9.17) is 10.00 Å². The van der Waals surface area contributed by atoms with E-state index in [0.717, 1.165) is 19.3 Å². The molecule has 3 atom stereocenters. The minimum Gasteiger partial charge on any atom is -0.386 e. The molecule has 1 saturated carbocycles. The predicted molar refractivity (Wildman–Crippen MR) is 55.1 cm³/mol. The van der Waals surface area contributed by atoms with Crippen molar-refractivity contribution in [1.82, 2.24) is 5.32 Å². The molecule has 0 amide bonds. The van der Waals surface area contributed by atoms with Gasteiger partial charge in [0, 0.05) is 25.6 Å². The van der Waals surface area contributed by atoms with E-state index in [0.29, 0.717) is 26.2 Å². The lowest BCUT2D eigenvalue weighted by molar-refractivity contribution is 0.0243. The number of hydrogen-bond acceptors (Lipinski definition) is 4. The largest absolute Gasteiger partial charge is 0.386 e. The Morgan fingerprint density at radius 2 is 2.40 bits per heavy atom. The number of nitrogens with zero attached hydrogens (tertiary/aromatic N) is 1. The molecule has 4 nitrogen and oxygen atoms in total. The first-order valence-corrected chi connectivity index (χ1v) is 5.67. The molecule has 0 aromatic carbocycles. The van der Waals surface area contributed by atoms with Crippen LogP contribution in [0.25, 0.3) is 0 Å². The maximum Gasteiger partial charge on any atom is 0.102 e. The highest BCUT2D eigenvalue weighted by Crippen LogP contribution is 2.26. The summed E-state index contributed by atoms with van der Waals surface area (Å²) in [6, 6.07) is 2.59. The van der Waals surface area contributed by atoms with Crippen molar-refractivity contribution < 1.29 is 9.84 Å². The van der Waals surface area contributed by atoms with Crippen LogP contribution in [0.5, 0.6) is 0 Å². The molecule has 1 saturated heterocycles. The Balaban J connectivity index is 1.80. The molecule has 0 radical (unpaired) electrons. The SMILES string of the molecule is N#CC1CCCC1NCC1(O)CCOC1. The molecule has 0 aromatic rings. The molecule has 0 bridgehead atoms. The number of nitriles is 1. The van der Waals surface area contributed by atoms with Crippen molar-refractivity contribution >= 4 is 0 Å². The summed E-state index contributed by atoms with van der Waals surface area (Å²) >= 11 is 0. The van der Waals surface area contributed by atoms with Gasteiger partial charge in [-0.05, 0) is 12.8 Å². The van der Waals surface area contributed by atoms with Crippen LogP contribution in [0, 0.1) is 17.2 Å². The van der Waals surface area contributed by atoms with Gasteiger partial charge in [0.2, 0.25) is 0 Å². The van der Waals surface area contributed by atoms with E-state index >= 15 is 0 Å². The molecule has 15 heavy (non-hydrogen) atoms. The molecule has 1 aliphatic heterocycles. The number of hydrogen-bond donors (Lipinski definition) is 2. The van der Waals surface area contributed by atoms with Gasteiger partial charge >= 0.3 is 0 Å². The molecule has 0 spiro atoms. The third-order valence-corrected chi connectivity index (χ3v) is 3.46. The van der Waals surface area contributed by atoms with Crippen molar-refractivity contribution in [3.8, 4) is 6.07 Å². The van der Waals surface area contributed by atoms with Crippen LogP contribution in [0.15, 0.2) is 0 Å². The zero-order chi connectivity index (χ0) is 10.7. The van der Waals surface area contributed by atoms with E-state index in [9.17, 15) is 5.11 Å². The van der Waals surface area contributed by atoms with E-state index in [1.54, 1.807) is 0 Å². The summed E-state index contributed by atoms with van der Waals surface area (Å²) < 4.78 is 5.17. The van der Waals surface area contributed by atoms with Crippen molar-refractivity contribution in [2.24, 2.45) is 5.92 Å². The second-order valence-corrected chi connectivity index (χ2v) is 4.68. The lowest BCUT2D eigenvalue weighted by atomic mass is 10.0. The number of ether oxygens (including phenoxy) is 1. The van der Waals surface area contributed by atoms with Crippen LogP contribution in [0.1, 0.15) is 25.7 Å². The fourth-order valence-corrected chi connectivity index (χ4v) is 2.42. The fraction of sp³-hybridized carbons (Fsp3) is 0.909. The molecule has 1 heterocycles. The molecular weight excluding hydrogens is 192 g/mol. The minimum absolute atomic E-state index is 0.121. The number of rotatable bonds is 3. The second-order valence-electron chi connectivity index (χ2n) is 4.68. The van der Waals surface area contributed by atoms with E-state index in [1.807, 2.05) is 0 Å². The standard InChI is InChI=1S/C11H18N2O2/c12-6-9-2-1-3-10(9)13-7-11(14)4-5-15-8-11/h9-10,13-14H,1-5,7-8H2. The fourth-order valence-electron chi connectivity index (χ4n) is 2.42. The third kappa shape index (κ3) is 2.49. The Bertz CT molecular complexity index is 256. The van der Waals surface area contributed by atoms with Crippen LogP contribution in [0.2, 0.25) is 0 Å². The topological polar surface area (TPSA) is 65.3 Å². The first-order valence-electron chi connectivity index (χ1n) is 5.67. The first kappa shape index (κ1) is 10.9. The van der Waals surface area contributed by atoms with Crippen LogP contribution >= 0.6 is 0 Å². The summed E-state index contributed by atoms with van der Waals surface area (Å²) in [7, 11) is 0. The summed E-state index contributed by atoms with van der Waals surface area (Å²) in [6.45, 7) is 1.62. The van der Waals surface area contributed by atoms with Crippen LogP contribution < -0.4 is 5.32 Å². The lowest BCUT2D eigenvalue weighted by Crippen LogP contribution is -2.45. The molecule has 0 aromatic heterocycles. The second kappa shape index (κ2) is 4.48. The van der Waals surface area contributed by atoms with E-state index in [2.05, 4.69) is 11.4 Å². The van der Waals surface area contributed by atoms with E-state index in [-0.39, 0.29) is 12.0 Å². The molecule has 84 valence electrons. The zero-order valence-corrected chi connectivity index (χ0v) is 8.91. The monoisotopic (exact) mass is 210 g/mol. The maximum atomic E-state index is 10.0. The Hall–Kier alpha value is -0.630. The highest BCUT2D eigenvalue weighted by molar-refractivity contribution is 4.98. The molecule has 2 N–H and O–H groups in total. The Morgan fingerprint density at radius 3 is 3.07 bits per heavy atom. The van der Waals surface area contributed by atoms with Crippen LogP contribution in [0.3, 0.4) is 0 Å². The van der Waals surface area contributed by atoms with Crippen molar-refractivity contribution in [3.63, 3.8) is 0 Å². The normalized spacial score (nSPS) is 40.5. The van der Waals surface area contributed by atoms with Crippen molar-refractivity contribution in [2.75, 3.05) is 19.8 Å². The van der Waals surface area contributed by atoms with Gasteiger partial charge in [-0.25, -0.2) is 0 Å². The Kier molecular flexibility index (Phi) is 3.25. The van der Waals surface area contributed by atoms with Crippen LogP contribution in [0.4, 0.5) is 0 Å². The molecule has 2 rings (SSSR count). The van der Waals surface area contributed by atoms with E-state index < -0.39 is 5.60 Å². The predicted octanol–water partition coefficient (Wildman–Crippen LogP) is 0.420. The molecule has 4 heteroatoms. The zero-order valence-electron chi connectivity index (χ0n) is 8.91. The average Bonchev–Trinajstić information content (AvgIpc) is 2.84. The van der Waals surface area contributed by atoms with Gasteiger partial charge in [0.1, 0.15) is 5.60 Å². The van der Waals surface area contributed by atoms with Gasteiger partial charge in [0.15, 0.2) is 0 Å². The molecular formula is C11H18N2O2. The summed E-state index contributed by atoms with van der Waals surface area (Å²) in [4.78, 5) is 0. The summed E-state index contributed by atoms with van der Waals surface area (Å²) in [5.74, 6) is 0.121. The third-order valence-electron chi connectivity index (χ3n) is 3.46. The quantitative estimate of drug-likeness (QED) is 0.708. The first-order chi connectivity index (χ1) is 7.23. The van der Waals surface area contributed by atoms with Gasteiger partial charge < -0.3 is 15.2 Å².